The average molecular weight is 291 g/mol. The number of rotatable bonds is 2. The normalized spacial score (nSPS) is 28.3. The zero-order valence-corrected chi connectivity index (χ0v) is 11.3. The summed E-state index contributed by atoms with van der Waals surface area (Å²) in [5, 5.41) is 10.2. The lowest BCUT2D eigenvalue weighted by molar-refractivity contribution is -0.0163. The molecule has 1 aliphatic heterocycles. The maximum Gasteiger partial charge on any atom is 0.116 e. The van der Waals surface area contributed by atoms with Crippen LogP contribution in [0.3, 0.4) is 0 Å². The Labute approximate surface area is 102 Å². The summed E-state index contributed by atoms with van der Waals surface area (Å²) in [4.78, 5) is 2.20. The molecule has 15 heavy (non-hydrogen) atoms. The molecule has 3 atom stereocenters. The number of hydrogen-bond acceptors (Lipinski definition) is 3. The molecule has 1 N–H and O–H groups in total. The molecular weight excluding hydrogens is 276 g/mol. The molecule has 1 aromatic rings. The molecule has 2 heterocycles. The van der Waals surface area contributed by atoms with Gasteiger partial charge in [-0.25, -0.2) is 0 Å². The van der Waals surface area contributed by atoms with Crippen molar-refractivity contribution in [2.45, 2.75) is 32.5 Å². The number of hydrogen-bond donors (Lipinski definition) is 1. The van der Waals surface area contributed by atoms with E-state index in [1.165, 1.54) is 4.88 Å². The maximum atomic E-state index is 10.2. The summed E-state index contributed by atoms with van der Waals surface area (Å²) in [5.41, 5.74) is 0. The van der Waals surface area contributed by atoms with Gasteiger partial charge in [-0.2, -0.15) is 0 Å². The van der Waals surface area contributed by atoms with Gasteiger partial charge in [0.25, 0.3) is 0 Å². The average Bonchev–Trinajstić information content (AvgIpc) is 2.71. The SMILES string of the molecule is Cc1cc(Br)c(C(O)C2OCCC2C)s1. The van der Waals surface area contributed by atoms with Crippen LogP contribution in [-0.2, 0) is 4.74 Å². The predicted octanol–water partition coefficient (Wildman–Crippen LogP) is 3.28. The topological polar surface area (TPSA) is 29.5 Å². The number of aliphatic hydroxyl groups excluding tert-OH is 1. The van der Waals surface area contributed by atoms with E-state index in [4.69, 9.17) is 4.74 Å². The van der Waals surface area contributed by atoms with Gasteiger partial charge in [-0.3, -0.25) is 0 Å². The quantitative estimate of drug-likeness (QED) is 0.906. The van der Waals surface area contributed by atoms with Gasteiger partial charge in [0, 0.05) is 16.0 Å². The Bertz CT molecular complexity index is 350. The van der Waals surface area contributed by atoms with E-state index in [9.17, 15) is 5.11 Å². The molecule has 84 valence electrons. The van der Waals surface area contributed by atoms with Crippen LogP contribution in [0.4, 0.5) is 0 Å². The zero-order chi connectivity index (χ0) is 11.0. The van der Waals surface area contributed by atoms with Crippen molar-refractivity contribution in [3.63, 3.8) is 0 Å². The first-order valence-corrected chi connectivity index (χ1v) is 6.76. The Morgan fingerprint density at radius 2 is 2.40 bits per heavy atom. The van der Waals surface area contributed by atoms with Crippen LogP contribution in [0, 0.1) is 12.8 Å². The molecule has 0 aliphatic carbocycles. The van der Waals surface area contributed by atoms with Crippen molar-refractivity contribution in [3.8, 4) is 0 Å². The van der Waals surface area contributed by atoms with Crippen LogP contribution in [0.2, 0.25) is 0 Å². The first kappa shape index (κ1) is 11.6. The van der Waals surface area contributed by atoms with E-state index < -0.39 is 6.10 Å². The van der Waals surface area contributed by atoms with Crippen LogP contribution in [0.5, 0.6) is 0 Å². The summed E-state index contributed by atoms with van der Waals surface area (Å²) in [6.45, 7) is 4.95. The molecule has 1 fully saturated rings. The molecule has 0 saturated carbocycles. The Balaban J connectivity index is 2.19. The highest BCUT2D eigenvalue weighted by Gasteiger charge is 2.33. The summed E-state index contributed by atoms with van der Waals surface area (Å²) in [5.74, 6) is 0.439. The Hall–Kier alpha value is 0.1000. The Morgan fingerprint density at radius 3 is 2.87 bits per heavy atom. The lowest BCUT2D eigenvalue weighted by Crippen LogP contribution is -2.22. The first-order chi connectivity index (χ1) is 7.09. The Kier molecular flexibility index (Phi) is 3.50. The van der Waals surface area contributed by atoms with E-state index in [1.54, 1.807) is 11.3 Å². The van der Waals surface area contributed by atoms with Crippen molar-refractivity contribution in [1.82, 2.24) is 0 Å². The van der Waals surface area contributed by atoms with E-state index in [0.717, 1.165) is 22.4 Å². The standard InChI is InChI=1S/C11H15BrO2S/c1-6-3-4-14-10(6)9(13)11-8(12)5-7(2)15-11/h5-6,9-10,13H,3-4H2,1-2H3. The minimum Gasteiger partial charge on any atom is -0.385 e. The molecule has 0 aromatic carbocycles. The minimum absolute atomic E-state index is 0.0423. The van der Waals surface area contributed by atoms with Gasteiger partial charge in [0.15, 0.2) is 0 Å². The fourth-order valence-corrected chi connectivity index (χ4v) is 3.88. The molecular formula is C11H15BrO2S. The van der Waals surface area contributed by atoms with Crippen LogP contribution >= 0.6 is 27.3 Å². The van der Waals surface area contributed by atoms with Crippen LogP contribution < -0.4 is 0 Å². The van der Waals surface area contributed by atoms with Crippen LogP contribution in [0.15, 0.2) is 10.5 Å². The van der Waals surface area contributed by atoms with E-state index >= 15 is 0 Å². The molecule has 3 unspecified atom stereocenters. The van der Waals surface area contributed by atoms with Gasteiger partial charge in [-0.15, -0.1) is 11.3 Å². The van der Waals surface area contributed by atoms with E-state index in [2.05, 4.69) is 22.9 Å². The summed E-state index contributed by atoms with van der Waals surface area (Å²) in [6, 6.07) is 2.04. The van der Waals surface area contributed by atoms with Crippen molar-refractivity contribution in [2.75, 3.05) is 6.61 Å². The van der Waals surface area contributed by atoms with Gasteiger partial charge in [0.05, 0.1) is 11.0 Å². The number of ether oxygens (including phenoxy) is 1. The van der Waals surface area contributed by atoms with Gasteiger partial charge >= 0.3 is 0 Å². The van der Waals surface area contributed by atoms with Crippen molar-refractivity contribution < 1.29 is 9.84 Å². The Morgan fingerprint density at radius 1 is 1.67 bits per heavy atom. The molecule has 0 spiro atoms. The molecule has 2 rings (SSSR count). The van der Waals surface area contributed by atoms with Gasteiger partial charge in [-0.05, 0) is 41.3 Å². The molecule has 1 aliphatic rings. The van der Waals surface area contributed by atoms with Crippen molar-refractivity contribution in [3.05, 3.63) is 20.3 Å². The molecule has 0 amide bonds. The van der Waals surface area contributed by atoms with E-state index in [-0.39, 0.29) is 6.10 Å². The van der Waals surface area contributed by atoms with Crippen LogP contribution in [0.25, 0.3) is 0 Å². The molecule has 0 bridgehead atoms. The van der Waals surface area contributed by atoms with Crippen molar-refractivity contribution >= 4 is 27.3 Å². The van der Waals surface area contributed by atoms with Crippen molar-refractivity contribution in [2.24, 2.45) is 5.92 Å². The van der Waals surface area contributed by atoms with Crippen LogP contribution in [0.1, 0.15) is 29.2 Å². The number of aryl methyl sites for hydroxylation is 1. The molecule has 2 nitrogen and oxygen atoms in total. The molecule has 4 heteroatoms. The van der Waals surface area contributed by atoms with Crippen molar-refractivity contribution in [1.29, 1.82) is 0 Å². The largest absolute Gasteiger partial charge is 0.385 e. The van der Waals surface area contributed by atoms with E-state index in [1.807, 2.05) is 13.0 Å². The molecule has 1 aromatic heterocycles. The highest BCUT2D eigenvalue weighted by atomic mass is 79.9. The third-order valence-electron chi connectivity index (χ3n) is 2.86. The molecule has 1 saturated heterocycles. The highest BCUT2D eigenvalue weighted by Crippen LogP contribution is 2.38. The summed E-state index contributed by atoms with van der Waals surface area (Å²) in [6.07, 6.45) is 0.513. The number of aliphatic hydroxyl groups is 1. The van der Waals surface area contributed by atoms with Crippen LogP contribution in [-0.4, -0.2) is 17.8 Å². The lowest BCUT2D eigenvalue weighted by atomic mass is 9.99. The zero-order valence-electron chi connectivity index (χ0n) is 8.87. The van der Waals surface area contributed by atoms with E-state index in [0.29, 0.717) is 5.92 Å². The predicted molar refractivity (Wildman–Crippen MR) is 65.2 cm³/mol. The monoisotopic (exact) mass is 290 g/mol. The van der Waals surface area contributed by atoms with Gasteiger partial charge in [0.1, 0.15) is 6.10 Å². The summed E-state index contributed by atoms with van der Waals surface area (Å²) < 4.78 is 6.58. The summed E-state index contributed by atoms with van der Waals surface area (Å²) >= 11 is 5.11. The maximum absolute atomic E-state index is 10.2. The van der Waals surface area contributed by atoms with Gasteiger partial charge in [-0.1, -0.05) is 6.92 Å². The third-order valence-corrected chi connectivity index (χ3v) is 4.90. The second-order valence-electron chi connectivity index (χ2n) is 4.12. The second kappa shape index (κ2) is 4.53. The second-order valence-corrected chi connectivity index (χ2v) is 6.26. The molecule has 0 radical (unpaired) electrons. The highest BCUT2D eigenvalue weighted by molar-refractivity contribution is 9.10. The lowest BCUT2D eigenvalue weighted by Gasteiger charge is -2.20. The van der Waals surface area contributed by atoms with Gasteiger partial charge < -0.3 is 9.84 Å². The number of halogens is 1. The first-order valence-electron chi connectivity index (χ1n) is 5.15. The fourth-order valence-electron chi connectivity index (χ4n) is 1.97. The smallest absolute Gasteiger partial charge is 0.116 e. The third kappa shape index (κ3) is 2.28. The number of thiophene rings is 1. The van der Waals surface area contributed by atoms with Gasteiger partial charge in [0.2, 0.25) is 0 Å². The minimum atomic E-state index is -0.490. The summed E-state index contributed by atoms with van der Waals surface area (Å²) in [7, 11) is 0. The fraction of sp³-hybridized carbons (Fsp3) is 0.636.